The molecule has 2 aromatic carbocycles. The van der Waals surface area contributed by atoms with Gasteiger partial charge >= 0.3 is 5.69 Å². The normalized spacial score (nSPS) is 10.9. The Morgan fingerprint density at radius 3 is 2.35 bits per heavy atom. The van der Waals surface area contributed by atoms with Crippen molar-refractivity contribution in [1.29, 1.82) is 0 Å². The molecule has 0 saturated heterocycles. The fraction of sp³-hybridized carbons (Fsp3) is 0.0625. The van der Waals surface area contributed by atoms with Crippen LogP contribution in [-0.4, -0.2) is 14.7 Å². The molecule has 1 heterocycles. The fourth-order valence-electron chi connectivity index (χ4n) is 2.31. The number of nitrogens with one attached hydrogen (secondary N) is 1. The number of aromatic nitrogens is 2. The summed E-state index contributed by atoms with van der Waals surface area (Å²) in [6, 6.07) is 12.8. The van der Waals surface area contributed by atoms with Gasteiger partial charge in [0, 0.05) is 6.42 Å². The van der Waals surface area contributed by atoms with Crippen molar-refractivity contribution < 1.29 is 5.11 Å². The summed E-state index contributed by atoms with van der Waals surface area (Å²) >= 11 is 14.2. The van der Waals surface area contributed by atoms with Crippen LogP contribution >= 0.6 is 45.8 Å². The third-order valence-electron chi connectivity index (χ3n) is 3.39. The third-order valence-corrected chi connectivity index (χ3v) is 5.79. The Kier molecular flexibility index (Phi) is 4.70. The van der Waals surface area contributed by atoms with Crippen molar-refractivity contribution >= 4 is 45.8 Å². The van der Waals surface area contributed by atoms with Crippen molar-refractivity contribution in [3.05, 3.63) is 77.8 Å². The van der Waals surface area contributed by atoms with E-state index >= 15 is 0 Å². The lowest BCUT2D eigenvalue weighted by atomic mass is 10.1. The average Bonchev–Trinajstić information content (AvgIpc) is 2.79. The highest BCUT2D eigenvalue weighted by atomic mass is 127. The quantitative estimate of drug-likeness (QED) is 0.450. The lowest BCUT2D eigenvalue weighted by molar-refractivity contribution is 0.435. The SMILES string of the molecule is O=c1[nH]c(Cc2ccccc2)c(O)n1-c1cc(Cl)c(I)c(Cl)c1. The van der Waals surface area contributed by atoms with E-state index in [0.717, 1.165) is 10.1 Å². The molecule has 0 saturated carbocycles. The van der Waals surface area contributed by atoms with Crippen LogP contribution in [-0.2, 0) is 6.42 Å². The minimum atomic E-state index is -0.443. The van der Waals surface area contributed by atoms with Gasteiger partial charge in [-0.2, -0.15) is 0 Å². The number of benzene rings is 2. The number of nitrogens with zero attached hydrogens (tertiary/aromatic N) is 1. The number of rotatable bonds is 3. The zero-order valence-electron chi connectivity index (χ0n) is 11.7. The van der Waals surface area contributed by atoms with Crippen LogP contribution in [0.25, 0.3) is 5.69 Å². The number of aromatic hydroxyl groups is 1. The Hall–Kier alpha value is -1.44. The summed E-state index contributed by atoms with van der Waals surface area (Å²) in [5.74, 6) is -0.146. The number of aromatic amines is 1. The van der Waals surface area contributed by atoms with Crippen LogP contribution in [0.15, 0.2) is 47.3 Å². The molecule has 0 fully saturated rings. The van der Waals surface area contributed by atoms with Gasteiger partial charge in [-0.15, -0.1) is 0 Å². The minimum absolute atomic E-state index is 0.146. The molecule has 118 valence electrons. The second-order valence-electron chi connectivity index (χ2n) is 4.95. The molecule has 0 aliphatic rings. The lowest BCUT2D eigenvalue weighted by Crippen LogP contribution is -2.14. The molecule has 23 heavy (non-hydrogen) atoms. The molecule has 0 aliphatic heterocycles. The molecular weight excluding hydrogens is 450 g/mol. The number of hydrogen-bond donors (Lipinski definition) is 2. The van der Waals surface area contributed by atoms with Crippen molar-refractivity contribution in [3.63, 3.8) is 0 Å². The highest BCUT2D eigenvalue weighted by molar-refractivity contribution is 14.1. The Morgan fingerprint density at radius 2 is 1.74 bits per heavy atom. The lowest BCUT2D eigenvalue weighted by Gasteiger charge is -2.07. The van der Waals surface area contributed by atoms with Crippen LogP contribution < -0.4 is 5.69 Å². The number of imidazole rings is 1. The predicted octanol–water partition coefficient (Wildman–Crippen LogP) is 4.37. The largest absolute Gasteiger partial charge is 0.493 e. The van der Waals surface area contributed by atoms with Gasteiger partial charge in [-0.25, -0.2) is 9.36 Å². The number of hydrogen-bond acceptors (Lipinski definition) is 2. The monoisotopic (exact) mass is 460 g/mol. The van der Waals surface area contributed by atoms with Gasteiger partial charge < -0.3 is 10.1 Å². The van der Waals surface area contributed by atoms with Crippen LogP contribution in [0, 0.1) is 3.57 Å². The Labute approximate surface area is 155 Å². The summed E-state index contributed by atoms with van der Waals surface area (Å²) in [6.07, 6.45) is 0.417. The van der Waals surface area contributed by atoms with Crippen LogP contribution in [0.1, 0.15) is 11.3 Å². The Bertz CT molecular complexity index is 897. The molecule has 0 atom stereocenters. The molecule has 4 nitrogen and oxygen atoms in total. The van der Waals surface area contributed by atoms with E-state index in [0.29, 0.717) is 31.4 Å². The van der Waals surface area contributed by atoms with Gasteiger partial charge in [0.15, 0.2) is 0 Å². The minimum Gasteiger partial charge on any atom is -0.493 e. The molecule has 0 radical (unpaired) electrons. The smallest absolute Gasteiger partial charge is 0.333 e. The van der Waals surface area contributed by atoms with Crippen molar-refractivity contribution in [1.82, 2.24) is 9.55 Å². The van der Waals surface area contributed by atoms with E-state index in [1.807, 2.05) is 52.9 Å². The molecule has 0 amide bonds. The Morgan fingerprint density at radius 1 is 1.13 bits per heavy atom. The first-order valence-electron chi connectivity index (χ1n) is 6.69. The van der Waals surface area contributed by atoms with Crippen LogP contribution in [0.3, 0.4) is 0 Å². The first-order valence-corrected chi connectivity index (χ1v) is 8.52. The van der Waals surface area contributed by atoms with E-state index in [9.17, 15) is 9.90 Å². The van der Waals surface area contributed by atoms with Gasteiger partial charge in [0.2, 0.25) is 5.88 Å². The first kappa shape index (κ1) is 16.4. The van der Waals surface area contributed by atoms with Crippen molar-refractivity contribution in [2.45, 2.75) is 6.42 Å². The second-order valence-corrected chi connectivity index (χ2v) is 6.85. The molecule has 2 N–H and O–H groups in total. The molecule has 0 spiro atoms. The molecule has 0 bridgehead atoms. The van der Waals surface area contributed by atoms with E-state index in [1.54, 1.807) is 12.1 Å². The summed E-state index contributed by atoms with van der Waals surface area (Å²) in [4.78, 5) is 14.9. The van der Waals surface area contributed by atoms with Gasteiger partial charge in [0.05, 0.1) is 25.0 Å². The van der Waals surface area contributed by atoms with Gasteiger partial charge in [-0.05, 0) is 40.3 Å². The predicted molar refractivity (Wildman–Crippen MR) is 100 cm³/mol. The molecular formula is C16H11Cl2IN2O2. The fourth-order valence-corrected chi connectivity index (χ4v) is 3.09. The molecule has 1 aromatic heterocycles. The summed E-state index contributed by atoms with van der Waals surface area (Å²) in [5.41, 5.74) is 1.39. The summed E-state index contributed by atoms with van der Waals surface area (Å²) in [6.45, 7) is 0. The maximum atomic E-state index is 12.2. The van der Waals surface area contributed by atoms with E-state index in [1.165, 1.54) is 0 Å². The first-order chi connectivity index (χ1) is 11.0. The van der Waals surface area contributed by atoms with Crippen LogP contribution in [0.4, 0.5) is 0 Å². The maximum Gasteiger partial charge on any atom is 0.333 e. The van der Waals surface area contributed by atoms with Crippen molar-refractivity contribution in [3.8, 4) is 11.6 Å². The molecule has 0 unspecified atom stereocenters. The highest BCUT2D eigenvalue weighted by Crippen LogP contribution is 2.31. The molecule has 3 rings (SSSR count). The third kappa shape index (κ3) is 3.27. The molecule has 0 aliphatic carbocycles. The topological polar surface area (TPSA) is 58.0 Å². The average molecular weight is 461 g/mol. The zero-order chi connectivity index (χ0) is 16.6. The highest BCUT2D eigenvalue weighted by Gasteiger charge is 2.17. The van der Waals surface area contributed by atoms with E-state index in [-0.39, 0.29) is 5.88 Å². The van der Waals surface area contributed by atoms with Gasteiger partial charge in [0.25, 0.3) is 0 Å². The van der Waals surface area contributed by atoms with E-state index in [2.05, 4.69) is 4.98 Å². The molecule has 7 heteroatoms. The zero-order valence-corrected chi connectivity index (χ0v) is 15.4. The maximum absolute atomic E-state index is 12.2. The van der Waals surface area contributed by atoms with Crippen molar-refractivity contribution in [2.24, 2.45) is 0 Å². The number of halogens is 3. The number of H-pyrrole nitrogens is 1. The summed E-state index contributed by atoms with van der Waals surface area (Å²) in [5, 5.41) is 11.3. The van der Waals surface area contributed by atoms with E-state index < -0.39 is 5.69 Å². The van der Waals surface area contributed by atoms with Crippen LogP contribution in [0.5, 0.6) is 5.88 Å². The van der Waals surface area contributed by atoms with Gasteiger partial charge in [-0.3, -0.25) is 0 Å². The summed E-state index contributed by atoms with van der Waals surface area (Å²) < 4.78 is 1.86. The van der Waals surface area contributed by atoms with Crippen molar-refractivity contribution in [2.75, 3.05) is 0 Å². The summed E-state index contributed by atoms with van der Waals surface area (Å²) in [7, 11) is 0. The van der Waals surface area contributed by atoms with Gasteiger partial charge in [0.1, 0.15) is 0 Å². The van der Waals surface area contributed by atoms with Crippen LogP contribution in [0.2, 0.25) is 10.0 Å². The molecule has 3 aromatic rings. The Balaban J connectivity index is 2.07. The van der Waals surface area contributed by atoms with Gasteiger partial charge in [-0.1, -0.05) is 53.5 Å². The standard InChI is InChI=1S/C16H11Cl2IN2O2/c17-11-7-10(8-12(18)14(11)19)21-15(22)13(20-16(21)23)6-9-4-2-1-3-5-9/h1-5,7-8,22H,6H2,(H,20,23). The van der Waals surface area contributed by atoms with E-state index in [4.69, 9.17) is 23.2 Å². The second kappa shape index (κ2) is 6.59.